The molecule has 0 aliphatic carbocycles. The number of nitrogens with one attached hydrogen (secondary N) is 1. The quantitative estimate of drug-likeness (QED) is 0.878. The van der Waals surface area contributed by atoms with E-state index in [1.165, 1.54) is 5.56 Å². The molecule has 1 rings (SSSR count). The second-order valence-corrected chi connectivity index (χ2v) is 6.81. The van der Waals surface area contributed by atoms with Crippen molar-refractivity contribution in [3.05, 3.63) is 29.3 Å². The van der Waals surface area contributed by atoms with Gasteiger partial charge in [-0.25, -0.2) is 4.79 Å². The number of amides is 2. The molecule has 0 aliphatic rings. The first-order chi connectivity index (χ1) is 9.88. The van der Waals surface area contributed by atoms with Gasteiger partial charge in [0.25, 0.3) is 0 Å². The lowest BCUT2D eigenvalue weighted by atomic mass is 10.1. The van der Waals surface area contributed by atoms with Gasteiger partial charge in [-0.05, 0) is 37.0 Å². The van der Waals surface area contributed by atoms with E-state index in [0.717, 1.165) is 24.1 Å². The molecule has 0 fully saturated rings. The lowest BCUT2D eigenvalue weighted by molar-refractivity contribution is 0.212. The van der Waals surface area contributed by atoms with E-state index in [0.29, 0.717) is 5.75 Å². The number of urea groups is 1. The zero-order valence-electron chi connectivity index (χ0n) is 13.6. The molecule has 0 spiro atoms. The molecule has 0 radical (unpaired) electrons. The minimum atomic E-state index is -0.912. The molecule has 0 saturated carbocycles. The van der Waals surface area contributed by atoms with E-state index in [2.05, 4.69) is 31.3 Å². The molecule has 0 bridgehead atoms. The molecular formula is C16H26N2O2S. The molecule has 1 aromatic rings. The van der Waals surface area contributed by atoms with E-state index in [-0.39, 0.29) is 12.1 Å². The average Bonchev–Trinajstić information content (AvgIpc) is 2.45. The summed E-state index contributed by atoms with van der Waals surface area (Å²) in [7, 11) is 0.826. The molecule has 2 unspecified atom stereocenters. The summed E-state index contributed by atoms with van der Waals surface area (Å²) >= 11 is 0. The highest BCUT2D eigenvalue weighted by Crippen LogP contribution is 2.19. The summed E-state index contributed by atoms with van der Waals surface area (Å²) in [5, 5.41) is 2.98. The number of carbonyl (C=O) groups excluding carboxylic acids is 1. The normalized spacial score (nSPS) is 13.6. The molecule has 0 heterocycles. The van der Waals surface area contributed by atoms with Crippen molar-refractivity contribution >= 4 is 22.5 Å². The van der Waals surface area contributed by atoms with Crippen LogP contribution in [-0.2, 0) is 23.6 Å². The summed E-state index contributed by atoms with van der Waals surface area (Å²) in [4.78, 5) is 13.9. The zero-order valence-corrected chi connectivity index (χ0v) is 14.4. The van der Waals surface area contributed by atoms with E-state index < -0.39 is 10.8 Å². The van der Waals surface area contributed by atoms with Crippen molar-refractivity contribution in [2.45, 2.75) is 39.7 Å². The van der Waals surface area contributed by atoms with Crippen molar-refractivity contribution in [1.82, 2.24) is 4.90 Å². The SMILES string of the molecule is CCc1ccc(CC)c(NC(=O)N(C)C(C)CS(C)=O)c1. The standard InChI is InChI=1S/C16H26N2O2S/c1-6-13-8-9-14(7-2)15(10-13)17-16(19)18(4)12(3)11-21(5)20/h8-10,12H,6-7,11H2,1-5H3,(H,17,19). The van der Waals surface area contributed by atoms with Gasteiger partial charge in [-0.15, -0.1) is 0 Å². The van der Waals surface area contributed by atoms with Gasteiger partial charge in [-0.1, -0.05) is 26.0 Å². The highest BCUT2D eigenvalue weighted by atomic mass is 32.2. The largest absolute Gasteiger partial charge is 0.324 e. The molecule has 2 amide bonds. The third-order valence-corrected chi connectivity index (χ3v) is 4.61. The Labute approximate surface area is 130 Å². The molecular weight excluding hydrogens is 284 g/mol. The molecule has 4 nitrogen and oxygen atoms in total. The van der Waals surface area contributed by atoms with Crippen LogP contribution >= 0.6 is 0 Å². The van der Waals surface area contributed by atoms with Crippen molar-refractivity contribution in [1.29, 1.82) is 0 Å². The second kappa shape index (κ2) is 8.17. The molecule has 0 aliphatic heterocycles. The van der Waals surface area contributed by atoms with E-state index in [1.807, 2.05) is 13.0 Å². The van der Waals surface area contributed by atoms with Crippen LogP contribution in [0.2, 0.25) is 0 Å². The van der Waals surface area contributed by atoms with Crippen molar-refractivity contribution in [2.75, 3.05) is 24.4 Å². The van der Waals surface area contributed by atoms with Gasteiger partial charge < -0.3 is 10.2 Å². The van der Waals surface area contributed by atoms with Gasteiger partial charge in [-0.3, -0.25) is 4.21 Å². The molecule has 5 heteroatoms. The van der Waals surface area contributed by atoms with Crippen molar-refractivity contribution in [2.24, 2.45) is 0 Å². The smallest absolute Gasteiger partial charge is 0.321 e. The predicted octanol–water partition coefficient (Wildman–Crippen LogP) is 3.04. The van der Waals surface area contributed by atoms with Gasteiger partial charge in [0.15, 0.2) is 0 Å². The number of hydrogen-bond acceptors (Lipinski definition) is 2. The Hall–Kier alpha value is -1.36. The predicted molar refractivity (Wildman–Crippen MR) is 90.4 cm³/mol. The van der Waals surface area contributed by atoms with Gasteiger partial charge >= 0.3 is 6.03 Å². The summed E-state index contributed by atoms with van der Waals surface area (Å²) in [6.45, 7) is 6.07. The third-order valence-electron chi connectivity index (χ3n) is 3.66. The lowest BCUT2D eigenvalue weighted by Crippen LogP contribution is -2.41. The Kier molecular flexibility index (Phi) is 6.89. The average molecular weight is 310 g/mol. The highest BCUT2D eigenvalue weighted by molar-refractivity contribution is 7.84. The number of carbonyl (C=O) groups is 1. The number of rotatable bonds is 6. The molecule has 1 N–H and O–H groups in total. The van der Waals surface area contributed by atoms with E-state index in [4.69, 9.17) is 0 Å². The highest BCUT2D eigenvalue weighted by Gasteiger charge is 2.17. The molecule has 1 aromatic carbocycles. The van der Waals surface area contributed by atoms with Gasteiger partial charge in [0.2, 0.25) is 0 Å². The first-order valence-electron chi connectivity index (χ1n) is 7.34. The Morgan fingerprint density at radius 3 is 2.52 bits per heavy atom. The van der Waals surface area contributed by atoms with Crippen LogP contribution in [0.5, 0.6) is 0 Å². The van der Waals surface area contributed by atoms with Crippen molar-refractivity contribution in [3.63, 3.8) is 0 Å². The zero-order chi connectivity index (χ0) is 16.0. The van der Waals surface area contributed by atoms with Gasteiger partial charge in [-0.2, -0.15) is 0 Å². The fourth-order valence-corrected chi connectivity index (χ4v) is 3.03. The number of aryl methyl sites for hydroxylation is 2. The van der Waals surface area contributed by atoms with E-state index in [1.54, 1.807) is 18.2 Å². The van der Waals surface area contributed by atoms with Crippen LogP contribution in [0.15, 0.2) is 18.2 Å². The molecule has 2 atom stereocenters. The van der Waals surface area contributed by atoms with Crippen LogP contribution in [0.4, 0.5) is 10.5 Å². The fourth-order valence-electron chi connectivity index (χ4n) is 2.12. The number of benzene rings is 1. The van der Waals surface area contributed by atoms with Crippen molar-refractivity contribution < 1.29 is 9.00 Å². The summed E-state index contributed by atoms with van der Waals surface area (Å²) in [6.07, 6.45) is 3.47. The monoisotopic (exact) mass is 310 g/mol. The number of hydrogen-bond donors (Lipinski definition) is 1. The topological polar surface area (TPSA) is 49.4 Å². The summed E-state index contributed by atoms with van der Waals surface area (Å²) < 4.78 is 11.3. The minimum Gasteiger partial charge on any atom is -0.324 e. The van der Waals surface area contributed by atoms with Crippen LogP contribution in [-0.4, -0.2) is 40.2 Å². The van der Waals surface area contributed by atoms with E-state index >= 15 is 0 Å². The molecule has 118 valence electrons. The molecule has 0 saturated heterocycles. The van der Waals surface area contributed by atoms with Crippen LogP contribution in [0, 0.1) is 0 Å². The third kappa shape index (κ3) is 5.16. The van der Waals surface area contributed by atoms with Gasteiger partial charge in [0.1, 0.15) is 0 Å². The maximum Gasteiger partial charge on any atom is 0.321 e. The Morgan fingerprint density at radius 2 is 2.00 bits per heavy atom. The van der Waals surface area contributed by atoms with E-state index in [9.17, 15) is 9.00 Å². The summed E-state index contributed by atoms with van der Waals surface area (Å²) in [5.74, 6) is 0.486. The molecule has 0 aromatic heterocycles. The lowest BCUT2D eigenvalue weighted by Gasteiger charge is -2.25. The fraction of sp³-hybridized carbons (Fsp3) is 0.562. The van der Waals surface area contributed by atoms with Gasteiger partial charge in [0, 0.05) is 41.6 Å². The second-order valence-electron chi connectivity index (χ2n) is 5.33. The Balaban J connectivity index is 2.84. The van der Waals surface area contributed by atoms with Crippen LogP contribution in [0.3, 0.4) is 0 Å². The number of anilines is 1. The Morgan fingerprint density at radius 1 is 1.33 bits per heavy atom. The first kappa shape index (κ1) is 17.7. The van der Waals surface area contributed by atoms with Crippen LogP contribution in [0.25, 0.3) is 0 Å². The first-order valence-corrected chi connectivity index (χ1v) is 9.07. The van der Waals surface area contributed by atoms with Crippen LogP contribution < -0.4 is 5.32 Å². The number of nitrogens with zero attached hydrogens (tertiary/aromatic N) is 1. The van der Waals surface area contributed by atoms with Gasteiger partial charge in [0.05, 0.1) is 0 Å². The minimum absolute atomic E-state index is 0.0599. The van der Waals surface area contributed by atoms with Crippen molar-refractivity contribution in [3.8, 4) is 0 Å². The Bertz CT molecular complexity index is 517. The molecule has 21 heavy (non-hydrogen) atoms. The maximum absolute atomic E-state index is 12.3. The summed E-state index contributed by atoms with van der Waals surface area (Å²) in [6, 6.07) is 5.99. The van der Waals surface area contributed by atoms with Crippen LogP contribution in [0.1, 0.15) is 31.9 Å². The maximum atomic E-state index is 12.3. The summed E-state index contributed by atoms with van der Waals surface area (Å²) in [5.41, 5.74) is 3.20.